The lowest BCUT2D eigenvalue weighted by molar-refractivity contribution is 0.499. The van der Waals surface area contributed by atoms with E-state index < -0.39 is 0 Å². The van der Waals surface area contributed by atoms with Crippen LogP contribution in [0.15, 0.2) is 5.10 Å². The standard InChI is InChI=1S/C15H18N6S/c1-7-4-5-10-11(6-7)22-14-12(10)13-18-16-8(2)20(13)15-19-17-9(3)21(14)15/h7,13,18H,4-6H2,1-3H3/t7-,13?/m0/s1. The zero-order valence-electron chi connectivity index (χ0n) is 12.9. The van der Waals surface area contributed by atoms with Gasteiger partial charge in [-0.2, -0.15) is 5.10 Å². The molecule has 5 rings (SSSR count). The van der Waals surface area contributed by atoms with Gasteiger partial charge >= 0.3 is 0 Å². The molecule has 6 nitrogen and oxygen atoms in total. The Bertz CT molecular complexity index is 816. The Hall–Kier alpha value is -1.89. The number of hydrogen-bond acceptors (Lipinski definition) is 6. The Morgan fingerprint density at radius 3 is 3.00 bits per heavy atom. The van der Waals surface area contributed by atoms with E-state index in [0.717, 1.165) is 23.5 Å². The number of nitrogens with one attached hydrogen (secondary N) is 1. The summed E-state index contributed by atoms with van der Waals surface area (Å²) in [6.45, 7) is 6.40. The molecule has 2 aromatic heterocycles. The van der Waals surface area contributed by atoms with Crippen molar-refractivity contribution in [3.63, 3.8) is 0 Å². The Kier molecular flexibility index (Phi) is 2.35. The quantitative estimate of drug-likeness (QED) is 0.812. The minimum absolute atomic E-state index is 0.0829. The Labute approximate surface area is 132 Å². The van der Waals surface area contributed by atoms with Crippen molar-refractivity contribution < 1.29 is 0 Å². The summed E-state index contributed by atoms with van der Waals surface area (Å²) in [5.41, 5.74) is 6.22. The van der Waals surface area contributed by atoms with Crippen LogP contribution in [0, 0.1) is 12.8 Å². The summed E-state index contributed by atoms with van der Waals surface area (Å²) in [5, 5.41) is 14.4. The smallest absolute Gasteiger partial charge is 0.240 e. The molecule has 0 saturated carbocycles. The summed E-state index contributed by atoms with van der Waals surface area (Å²) in [4.78, 5) is 3.71. The minimum atomic E-state index is 0.0829. The van der Waals surface area contributed by atoms with E-state index in [1.54, 1.807) is 0 Å². The molecule has 2 aromatic rings. The lowest BCUT2D eigenvalue weighted by Crippen LogP contribution is -2.38. The van der Waals surface area contributed by atoms with Gasteiger partial charge in [0.25, 0.3) is 0 Å². The lowest BCUT2D eigenvalue weighted by Gasteiger charge is -2.31. The molecule has 0 spiro atoms. The third-order valence-electron chi connectivity index (χ3n) is 4.99. The maximum Gasteiger partial charge on any atom is 0.240 e. The molecular weight excluding hydrogens is 296 g/mol. The zero-order valence-corrected chi connectivity index (χ0v) is 13.7. The van der Waals surface area contributed by atoms with Crippen molar-refractivity contribution in [1.82, 2.24) is 20.2 Å². The molecule has 0 fully saturated rings. The number of thiophene rings is 1. The van der Waals surface area contributed by atoms with Gasteiger partial charge in [0.2, 0.25) is 5.95 Å². The number of aromatic nitrogens is 3. The largest absolute Gasteiger partial charge is 0.281 e. The van der Waals surface area contributed by atoms with Crippen molar-refractivity contribution in [2.45, 2.75) is 46.2 Å². The van der Waals surface area contributed by atoms with Crippen LogP contribution in [0.1, 0.15) is 48.3 Å². The van der Waals surface area contributed by atoms with Gasteiger partial charge in [-0.15, -0.1) is 21.5 Å². The molecule has 0 bridgehead atoms. The first-order chi connectivity index (χ1) is 10.6. The summed E-state index contributed by atoms with van der Waals surface area (Å²) >= 11 is 1.92. The fourth-order valence-electron chi connectivity index (χ4n) is 3.86. The second-order valence-electron chi connectivity index (χ2n) is 6.51. The van der Waals surface area contributed by atoms with Crippen LogP contribution in [0.25, 0.3) is 5.00 Å². The van der Waals surface area contributed by atoms with E-state index in [4.69, 9.17) is 0 Å². The van der Waals surface area contributed by atoms with Crippen LogP contribution in [-0.2, 0) is 12.8 Å². The third kappa shape index (κ3) is 1.42. The maximum absolute atomic E-state index is 4.45. The fraction of sp³-hybridized carbons (Fsp3) is 0.533. The topological polar surface area (TPSA) is 58.3 Å². The predicted molar refractivity (Wildman–Crippen MR) is 86.6 cm³/mol. The van der Waals surface area contributed by atoms with Crippen molar-refractivity contribution >= 4 is 23.1 Å². The van der Waals surface area contributed by atoms with Gasteiger partial charge < -0.3 is 0 Å². The summed E-state index contributed by atoms with van der Waals surface area (Å²) < 4.78 is 2.20. The van der Waals surface area contributed by atoms with Gasteiger partial charge in [0.1, 0.15) is 16.7 Å². The van der Waals surface area contributed by atoms with Gasteiger partial charge in [-0.05, 0) is 44.6 Å². The van der Waals surface area contributed by atoms with Crippen molar-refractivity contribution in [3.8, 4) is 5.00 Å². The second-order valence-corrected chi connectivity index (χ2v) is 7.60. The number of aryl methyl sites for hydroxylation is 1. The normalized spacial score (nSPS) is 25.0. The number of nitrogens with zero attached hydrogens (tertiary/aromatic N) is 5. The highest BCUT2D eigenvalue weighted by molar-refractivity contribution is 7.15. The van der Waals surface area contributed by atoms with E-state index in [1.165, 1.54) is 40.3 Å². The molecule has 1 N–H and O–H groups in total. The van der Waals surface area contributed by atoms with Gasteiger partial charge in [0.15, 0.2) is 6.17 Å². The highest BCUT2D eigenvalue weighted by atomic mass is 32.1. The summed E-state index contributed by atoms with van der Waals surface area (Å²) in [7, 11) is 0. The van der Waals surface area contributed by atoms with Gasteiger partial charge in [0, 0.05) is 10.4 Å². The highest BCUT2D eigenvalue weighted by Crippen LogP contribution is 2.48. The molecule has 114 valence electrons. The first kappa shape index (κ1) is 12.6. The number of hydrazone groups is 1. The van der Waals surface area contributed by atoms with Crippen LogP contribution in [0.2, 0.25) is 0 Å². The molecule has 22 heavy (non-hydrogen) atoms. The Morgan fingerprint density at radius 2 is 2.14 bits per heavy atom. The molecule has 3 aliphatic rings. The van der Waals surface area contributed by atoms with Crippen LogP contribution in [-0.4, -0.2) is 20.6 Å². The summed E-state index contributed by atoms with van der Waals surface area (Å²) in [6.07, 6.45) is 3.72. The van der Waals surface area contributed by atoms with Crippen molar-refractivity contribution in [2.75, 3.05) is 4.90 Å². The lowest BCUT2D eigenvalue weighted by atomic mass is 9.87. The first-order valence-corrected chi connectivity index (χ1v) is 8.62. The van der Waals surface area contributed by atoms with Crippen LogP contribution < -0.4 is 10.3 Å². The number of fused-ring (bicyclic) bond motifs is 8. The minimum Gasteiger partial charge on any atom is -0.281 e. The van der Waals surface area contributed by atoms with Crippen LogP contribution >= 0.6 is 11.3 Å². The average molecular weight is 314 g/mol. The number of anilines is 1. The summed E-state index contributed by atoms with van der Waals surface area (Å²) in [6, 6.07) is 0. The van der Waals surface area contributed by atoms with Crippen molar-refractivity contribution in [1.29, 1.82) is 0 Å². The number of amidine groups is 1. The van der Waals surface area contributed by atoms with E-state index in [1.807, 2.05) is 25.2 Å². The monoisotopic (exact) mass is 314 g/mol. The molecule has 0 amide bonds. The molecule has 4 heterocycles. The van der Waals surface area contributed by atoms with Gasteiger partial charge in [-0.25, -0.2) is 0 Å². The van der Waals surface area contributed by atoms with E-state index >= 15 is 0 Å². The molecular formula is C15H18N6S. The SMILES string of the molecule is CC1=NNC2c3c(sc4c3CC[C@H](C)C4)-n3c(C)nnc3N12. The molecule has 1 unspecified atom stereocenters. The zero-order chi connectivity index (χ0) is 15.0. The van der Waals surface area contributed by atoms with Gasteiger partial charge in [-0.3, -0.25) is 14.9 Å². The molecule has 2 aliphatic heterocycles. The number of rotatable bonds is 0. The van der Waals surface area contributed by atoms with Crippen LogP contribution in [0.3, 0.4) is 0 Å². The molecule has 1 aliphatic carbocycles. The van der Waals surface area contributed by atoms with Gasteiger partial charge in [-0.1, -0.05) is 6.92 Å². The van der Waals surface area contributed by atoms with Crippen molar-refractivity contribution in [3.05, 3.63) is 21.8 Å². The molecule has 0 radical (unpaired) electrons. The Balaban J connectivity index is 1.80. The molecule has 2 atom stereocenters. The average Bonchev–Trinajstić information content (AvgIpc) is 3.14. The molecule has 0 aromatic carbocycles. The number of hydrogen-bond donors (Lipinski definition) is 1. The highest BCUT2D eigenvalue weighted by Gasteiger charge is 2.42. The first-order valence-electron chi connectivity index (χ1n) is 7.81. The second kappa shape index (κ2) is 4.10. The van der Waals surface area contributed by atoms with Crippen molar-refractivity contribution in [2.24, 2.45) is 11.0 Å². The van der Waals surface area contributed by atoms with Crippen LogP contribution in [0.5, 0.6) is 0 Å². The van der Waals surface area contributed by atoms with Gasteiger partial charge in [0.05, 0.1) is 0 Å². The molecule has 0 saturated heterocycles. The van der Waals surface area contributed by atoms with E-state index in [0.29, 0.717) is 0 Å². The third-order valence-corrected chi connectivity index (χ3v) is 6.24. The van der Waals surface area contributed by atoms with E-state index in [9.17, 15) is 0 Å². The predicted octanol–water partition coefficient (Wildman–Crippen LogP) is 2.52. The molecule has 7 heteroatoms. The van der Waals surface area contributed by atoms with E-state index in [2.05, 4.69) is 37.1 Å². The van der Waals surface area contributed by atoms with E-state index in [-0.39, 0.29) is 6.17 Å². The summed E-state index contributed by atoms with van der Waals surface area (Å²) in [5.74, 6) is 3.56. The van der Waals surface area contributed by atoms with Crippen LogP contribution in [0.4, 0.5) is 5.95 Å². The Morgan fingerprint density at radius 1 is 1.27 bits per heavy atom. The maximum atomic E-state index is 4.45. The fourth-order valence-corrected chi connectivity index (χ4v) is 5.45.